The quantitative estimate of drug-likeness (QED) is 0.506. The standard InChI is InChI=1S/C19H13N3O2S2/c23-17(16-6-3-9-24-16)21-18(25)22-19-20-15(11-26-19)14-8-7-12-4-1-2-5-13(12)10-14/h1-11H,(H2,20,21,22,23,25). The van der Waals surface area contributed by atoms with Gasteiger partial charge in [0.2, 0.25) is 0 Å². The SMILES string of the molecule is O=C(NC(=S)Nc1nc(-c2ccc3ccccc3c2)cs1)c1ccco1. The monoisotopic (exact) mass is 379 g/mol. The molecule has 0 aliphatic carbocycles. The number of nitrogens with zero attached hydrogens (tertiary/aromatic N) is 1. The molecule has 0 saturated heterocycles. The van der Waals surface area contributed by atoms with Crippen molar-refractivity contribution >= 4 is 50.5 Å². The zero-order valence-corrected chi connectivity index (χ0v) is 15.1. The highest BCUT2D eigenvalue weighted by Crippen LogP contribution is 2.27. The number of fused-ring (bicyclic) bond motifs is 1. The topological polar surface area (TPSA) is 67.2 Å². The van der Waals surface area contributed by atoms with E-state index in [2.05, 4.69) is 39.9 Å². The number of nitrogens with one attached hydrogen (secondary N) is 2. The van der Waals surface area contributed by atoms with Crippen LogP contribution in [0.1, 0.15) is 10.6 Å². The molecule has 0 radical (unpaired) electrons. The van der Waals surface area contributed by atoms with Gasteiger partial charge in [-0.1, -0.05) is 36.4 Å². The smallest absolute Gasteiger partial charge is 0.293 e. The number of aromatic nitrogens is 1. The van der Waals surface area contributed by atoms with Gasteiger partial charge in [0.1, 0.15) is 0 Å². The Morgan fingerprint density at radius 3 is 2.73 bits per heavy atom. The molecule has 0 atom stereocenters. The van der Waals surface area contributed by atoms with Crippen molar-refractivity contribution in [2.24, 2.45) is 0 Å². The molecule has 1 amide bonds. The lowest BCUT2D eigenvalue weighted by molar-refractivity contribution is 0.0950. The van der Waals surface area contributed by atoms with Crippen LogP contribution in [0.2, 0.25) is 0 Å². The van der Waals surface area contributed by atoms with Gasteiger partial charge in [-0.05, 0) is 41.2 Å². The summed E-state index contributed by atoms with van der Waals surface area (Å²) in [4.78, 5) is 16.5. The third-order valence-corrected chi connectivity index (χ3v) is 4.70. The summed E-state index contributed by atoms with van der Waals surface area (Å²) in [5.41, 5.74) is 1.88. The maximum atomic E-state index is 11.9. The van der Waals surface area contributed by atoms with Crippen LogP contribution in [-0.4, -0.2) is 16.0 Å². The lowest BCUT2D eigenvalue weighted by Crippen LogP contribution is -2.33. The Hall–Kier alpha value is -3.03. The molecule has 2 N–H and O–H groups in total. The van der Waals surface area contributed by atoms with E-state index in [9.17, 15) is 4.79 Å². The van der Waals surface area contributed by atoms with Gasteiger partial charge in [0, 0.05) is 10.9 Å². The van der Waals surface area contributed by atoms with Crippen LogP contribution < -0.4 is 10.6 Å². The zero-order valence-electron chi connectivity index (χ0n) is 13.4. The Morgan fingerprint density at radius 1 is 1.08 bits per heavy atom. The van der Waals surface area contributed by atoms with Crippen LogP contribution in [0.5, 0.6) is 0 Å². The van der Waals surface area contributed by atoms with Crippen molar-refractivity contribution in [1.82, 2.24) is 10.3 Å². The minimum absolute atomic E-state index is 0.172. The summed E-state index contributed by atoms with van der Waals surface area (Å²) < 4.78 is 5.03. The van der Waals surface area contributed by atoms with Gasteiger partial charge in [-0.2, -0.15) is 0 Å². The minimum atomic E-state index is -0.404. The van der Waals surface area contributed by atoms with Crippen LogP contribution in [0.3, 0.4) is 0 Å². The van der Waals surface area contributed by atoms with Crippen LogP contribution in [-0.2, 0) is 0 Å². The van der Waals surface area contributed by atoms with Crippen molar-refractivity contribution < 1.29 is 9.21 Å². The van der Waals surface area contributed by atoms with Gasteiger partial charge in [-0.3, -0.25) is 10.1 Å². The van der Waals surface area contributed by atoms with Crippen LogP contribution in [0.15, 0.2) is 70.7 Å². The molecule has 0 spiro atoms. The lowest BCUT2D eigenvalue weighted by Gasteiger charge is -2.05. The second-order valence-electron chi connectivity index (χ2n) is 5.49. The van der Waals surface area contributed by atoms with Gasteiger partial charge < -0.3 is 9.73 Å². The van der Waals surface area contributed by atoms with Crippen LogP contribution in [0, 0.1) is 0 Å². The fourth-order valence-corrected chi connectivity index (χ4v) is 3.49. The van der Waals surface area contributed by atoms with E-state index in [-0.39, 0.29) is 10.9 Å². The molecule has 0 fully saturated rings. The van der Waals surface area contributed by atoms with Crippen molar-refractivity contribution in [3.05, 3.63) is 72.0 Å². The summed E-state index contributed by atoms with van der Waals surface area (Å²) in [5, 5.41) is 10.6. The normalized spacial score (nSPS) is 10.6. The van der Waals surface area contributed by atoms with E-state index < -0.39 is 5.91 Å². The van der Waals surface area contributed by atoms with Crippen molar-refractivity contribution in [2.45, 2.75) is 0 Å². The van der Waals surface area contributed by atoms with Crippen molar-refractivity contribution in [3.63, 3.8) is 0 Å². The van der Waals surface area contributed by atoms with Crippen LogP contribution >= 0.6 is 23.6 Å². The molecule has 4 rings (SSSR count). The Kier molecular flexibility index (Phi) is 4.47. The number of thiocarbonyl (C=S) groups is 1. The molecule has 2 aromatic heterocycles. The number of rotatable bonds is 3. The number of anilines is 1. The molecule has 0 aliphatic heterocycles. The average Bonchev–Trinajstić information content (AvgIpc) is 3.33. The Balaban J connectivity index is 1.47. The van der Waals surface area contributed by atoms with E-state index in [1.807, 2.05) is 23.6 Å². The number of thiazole rings is 1. The first-order valence-corrected chi connectivity index (χ1v) is 9.08. The number of amides is 1. The number of benzene rings is 2. The van der Waals surface area contributed by atoms with Gasteiger partial charge in [0.15, 0.2) is 16.0 Å². The molecule has 7 heteroatoms. The van der Waals surface area contributed by atoms with Gasteiger partial charge in [0.05, 0.1) is 12.0 Å². The predicted octanol–water partition coefficient (Wildman–Crippen LogP) is 4.68. The highest BCUT2D eigenvalue weighted by atomic mass is 32.1. The first-order valence-electron chi connectivity index (χ1n) is 7.79. The van der Waals surface area contributed by atoms with Crippen molar-refractivity contribution in [3.8, 4) is 11.3 Å². The summed E-state index contributed by atoms with van der Waals surface area (Å²) in [5.74, 6) is -0.205. The summed E-state index contributed by atoms with van der Waals surface area (Å²) in [7, 11) is 0. The summed E-state index contributed by atoms with van der Waals surface area (Å²) in [6, 6.07) is 17.6. The molecule has 128 valence electrons. The van der Waals surface area contributed by atoms with Crippen molar-refractivity contribution in [2.75, 3.05) is 5.32 Å². The van der Waals surface area contributed by atoms with Gasteiger partial charge in [0.25, 0.3) is 5.91 Å². The Morgan fingerprint density at radius 2 is 1.92 bits per heavy atom. The molecule has 0 bridgehead atoms. The average molecular weight is 379 g/mol. The molecular formula is C19H13N3O2S2. The molecule has 0 saturated carbocycles. The Bertz CT molecular complexity index is 1090. The Labute approximate surface area is 158 Å². The summed E-state index contributed by atoms with van der Waals surface area (Å²) in [6.07, 6.45) is 1.43. The van der Waals surface area contributed by atoms with Crippen LogP contribution in [0.4, 0.5) is 5.13 Å². The second-order valence-corrected chi connectivity index (χ2v) is 6.75. The van der Waals surface area contributed by atoms with E-state index in [1.165, 1.54) is 23.0 Å². The molecular weight excluding hydrogens is 366 g/mol. The highest BCUT2D eigenvalue weighted by Gasteiger charge is 2.12. The lowest BCUT2D eigenvalue weighted by atomic mass is 10.1. The van der Waals surface area contributed by atoms with Gasteiger partial charge in [-0.25, -0.2) is 4.98 Å². The van der Waals surface area contributed by atoms with E-state index in [0.29, 0.717) is 5.13 Å². The number of carbonyl (C=O) groups is 1. The highest BCUT2D eigenvalue weighted by molar-refractivity contribution is 7.80. The summed E-state index contributed by atoms with van der Waals surface area (Å²) >= 11 is 6.58. The molecule has 26 heavy (non-hydrogen) atoms. The van der Waals surface area contributed by atoms with E-state index in [0.717, 1.165) is 16.6 Å². The number of hydrogen-bond donors (Lipinski definition) is 2. The maximum absolute atomic E-state index is 11.9. The van der Waals surface area contributed by atoms with E-state index >= 15 is 0 Å². The molecule has 5 nitrogen and oxygen atoms in total. The molecule has 4 aromatic rings. The van der Waals surface area contributed by atoms with E-state index in [1.54, 1.807) is 12.1 Å². The maximum Gasteiger partial charge on any atom is 0.293 e. The zero-order chi connectivity index (χ0) is 17.9. The first kappa shape index (κ1) is 16.4. The largest absolute Gasteiger partial charge is 0.459 e. The van der Waals surface area contributed by atoms with Gasteiger partial charge >= 0.3 is 0 Å². The second kappa shape index (κ2) is 7.07. The number of hydrogen-bond acceptors (Lipinski definition) is 5. The summed E-state index contributed by atoms with van der Waals surface area (Å²) in [6.45, 7) is 0. The predicted molar refractivity (Wildman–Crippen MR) is 107 cm³/mol. The van der Waals surface area contributed by atoms with Crippen molar-refractivity contribution in [1.29, 1.82) is 0 Å². The molecule has 0 unspecified atom stereocenters. The number of carbonyl (C=O) groups excluding carboxylic acids is 1. The van der Waals surface area contributed by atoms with Crippen LogP contribution in [0.25, 0.3) is 22.0 Å². The minimum Gasteiger partial charge on any atom is -0.459 e. The molecule has 2 aromatic carbocycles. The third-order valence-electron chi connectivity index (χ3n) is 3.74. The fraction of sp³-hybridized carbons (Fsp3) is 0. The first-order chi connectivity index (χ1) is 12.7. The molecule has 2 heterocycles. The van der Waals surface area contributed by atoms with E-state index in [4.69, 9.17) is 16.6 Å². The molecule has 0 aliphatic rings. The number of furan rings is 1. The van der Waals surface area contributed by atoms with Gasteiger partial charge in [-0.15, -0.1) is 11.3 Å². The fourth-order valence-electron chi connectivity index (χ4n) is 2.51. The third kappa shape index (κ3) is 3.49.